The molecule has 4 rings (SSSR count). The minimum atomic E-state index is -0.609. The number of hydrazone groups is 1. The molecule has 1 amide bonds. The summed E-state index contributed by atoms with van der Waals surface area (Å²) in [7, 11) is 0. The van der Waals surface area contributed by atoms with E-state index in [2.05, 4.69) is 20.8 Å². The molecule has 2 aromatic carbocycles. The lowest BCUT2D eigenvalue weighted by molar-refractivity contribution is -0.384. The van der Waals surface area contributed by atoms with Gasteiger partial charge in [0.15, 0.2) is 5.58 Å². The van der Waals surface area contributed by atoms with Crippen molar-refractivity contribution in [1.29, 1.82) is 0 Å². The number of nitrogens with zero attached hydrogens (tertiary/aromatic N) is 5. The van der Waals surface area contributed by atoms with Crippen LogP contribution < -0.4 is 11.0 Å². The van der Waals surface area contributed by atoms with Crippen LogP contribution in [0, 0.1) is 22.9 Å². The zero-order chi connectivity index (χ0) is 24.2. The number of nitro benzene ring substituents is 1. The fourth-order valence-electron chi connectivity index (χ4n) is 3.23. The molecule has 0 fully saturated rings. The number of carbonyl (C=O) groups excluding carboxylic acids is 1. The Morgan fingerprint density at radius 3 is 2.62 bits per heavy atom. The van der Waals surface area contributed by atoms with E-state index in [9.17, 15) is 24.1 Å². The van der Waals surface area contributed by atoms with E-state index in [4.69, 9.17) is 4.52 Å². The number of carbonyl (C=O) groups is 1. The smallest absolute Gasteiger partial charge is 0.280 e. The quantitative estimate of drug-likeness (QED) is 0.251. The molecule has 0 aliphatic rings. The molecule has 0 unspecified atom stereocenters. The van der Waals surface area contributed by atoms with E-state index >= 15 is 0 Å². The second-order valence-corrected chi connectivity index (χ2v) is 7.33. The summed E-state index contributed by atoms with van der Waals surface area (Å²) in [6, 6.07) is 11.4. The molecule has 2 heterocycles. The minimum absolute atomic E-state index is 0.0554. The highest BCUT2D eigenvalue weighted by atomic mass is 19.1. The summed E-state index contributed by atoms with van der Waals surface area (Å²) in [5.74, 6) is -1.00. The van der Waals surface area contributed by atoms with Crippen LogP contribution in [-0.2, 0) is 17.8 Å². The standard InChI is InChI=1S/C22H17FN6O5/c1-13-20-21(34-27-13)18(10-14-4-8-17(9-5-14)29(32)33)26-28(22(20)31)12-19(30)25-24-11-15-2-6-16(23)7-3-15/h2-9,11H,10,12H2,1H3,(H,25,30)/b24-11+. The Labute approximate surface area is 190 Å². The molecule has 12 heteroatoms. The van der Waals surface area contributed by atoms with Crippen molar-refractivity contribution in [2.24, 2.45) is 5.10 Å². The molecule has 0 aliphatic carbocycles. The summed E-state index contributed by atoms with van der Waals surface area (Å²) in [5.41, 5.74) is 3.82. The number of non-ortho nitro benzene ring substituents is 1. The first-order valence-corrected chi connectivity index (χ1v) is 9.98. The number of halogens is 1. The Morgan fingerprint density at radius 1 is 1.24 bits per heavy atom. The molecule has 172 valence electrons. The van der Waals surface area contributed by atoms with E-state index in [0.29, 0.717) is 22.5 Å². The number of hydrogen-bond donors (Lipinski definition) is 1. The molecule has 1 N–H and O–H groups in total. The maximum atomic E-state index is 13.0. The normalized spacial score (nSPS) is 11.2. The van der Waals surface area contributed by atoms with Gasteiger partial charge in [0, 0.05) is 18.6 Å². The SMILES string of the molecule is Cc1noc2c(Cc3ccc([N+](=O)[O-])cc3)nn(CC(=O)N/N=C/c3ccc(F)cc3)c(=O)c12. The van der Waals surface area contributed by atoms with E-state index < -0.39 is 28.8 Å². The van der Waals surface area contributed by atoms with Crippen molar-refractivity contribution in [2.75, 3.05) is 0 Å². The van der Waals surface area contributed by atoms with Gasteiger partial charge in [-0.05, 0) is 30.2 Å². The largest absolute Gasteiger partial charge is 0.354 e. The maximum absolute atomic E-state index is 13.0. The predicted octanol–water partition coefficient (Wildman–Crippen LogP) is 2.48. The molecule has 0 bridgehead atoms. The van der Waals surface area contributed by atoms with Gasteiger partial charge in [-0.1, -0.05) is 29.4 Å². The molecule has 0 saturated heterocycles. The van der Waals surface area contributed by atoms with Crippen LogP contribution in [0.5, 0.6) is 0 Å². The molecule has 0 spiro atoms. The first-order chi connectivity index (χ1) is 16.3. The maximum Gasteiger partial charge on any atom is 0.280 e. The third-order valence-corrected chi connectivity index (χ3v) is 4.90. The van der Waals surface area contributed by atoms with Gasteiger partial charge in [0.1, 0.15) is 23.4 Å². The number of rotatable bonds is 7. The molecule has 0 aliphatic heterocycles. The van der Waals surface area contributed by atoms with Crippen LogP contribution >= 0.6 is 0 Å². The summed E-state index contributed by atoms with van der Waals surface area (Å²) < 4.78 is 19.2. The summed E-state index contributed by atoms with van der Waals surface area (Å²) in [6.07, 6.45) is 1.52. The van der Waals surface area contributed by atoms with Crippen molar-refractivity contribution in [1.82, 2.24) is 20.4 Å². The Bertz CT molecular complexity index is 1460. The number of benzene rings is 2. The molecule has 0 saturated carbocycles. The van der Waals surface area contributed by atoms with Gasteiger partial charge >= 0.3 is 0 Å². The zero-order valence-electron chi connectivity index (χ0n) is 17.8. The number of fused-ring (bicyclic) bond motifs is 1. The summed E-state index contributed by atoms with van der Waals surface area (Å²) >= 11 is 0. The van der Waals surface area contributed by atoms with Crippen molar-refractivity contribution < 1.29 is 18.6 Å². The van der Waals surface area contributed by atoms with E-state index in [1.54, 1.807) is 19.1 Å². The summed E-state index contributed by atoms with van der Waals surface area (Å²) in [4.78, 5) is 35.6. The second-order valence-electron chi connectivity index (χ2n) is 7.33. The molecule has 2 aromatic heterocycles. The zero-order valence-corrected chi connectivity index (χ0v) is 17.8. The molecule has 0 atom stereocenters. The van der Waals surface area contributed by atoms with Gasteiger partial charge in [-0.25, -0.2) is 14.5 Å². The van der Waals surface area contributed by atoms with Crippen LogP contribution in [0.15, 0.2) is 62.9 Å². The van der Waals surface area contributed by atoms with Crippen molar-refractivity contribution in [2.45, 2.75) is 19.9 Å². The Kier molecular flexibility index (Phi) is 6.21. The van der Waals surface area contributed by atoms with Crippen LogP contribution in [-0.4, -0.2) is 32.0 Å². The lowest BCUT2D eigenvalue weighted by Gasteiger charge is -2.08. The first kappa shape index (κ1) is 22.5. The third kappa shape index (κ3) is 4.85. The van der Waals surface area contributed by atoms with E-state index in [1.165, 1.54) is 42.6 Å². The average molecular weight is 464 g/mol. The van der Waals surface area contributed by atoms with Gasteiger partial charge in [-0.3, -0.25) is 19.7 Å². The van der Waals surface area contributed by atoms with Gasteiger partial charge in [0.25, 0.3) is 17.2 Å². The molecule has 34 heavy (non-hydrogen) atoms. The van der Waals surface area contributed by atoms with Crippen LogP contribution in [0.3, 0.4) is 0 Å². The fourth-order valence-corrected chi connectivity index (χ4v) is 3.23. The molecule has 4 aromatic rings. The van der Waals surface area contributed by atoms with Gasteiger partial charge in [0.05, 0.1) is 16.8 Å². The Morgan fingerprint density at radius 2 is 1.94 bits per heavy atom. The topological polar surface area (TPSA) is 146 Å². The van der Waals surface area contributed by atoms with Crippen LogP contribution in [0.4, 0.5) is 10.1 Å². The lowest BCUT2D eigenvalue weighted by Crippen LogP contribution is -2.32. The second kappa shape index (κ2) is 9.40. The lowest BCUT2D eigenvalue weighted by atomic mass is 10.1. The number of hydrogen-bond acceptors (Lipinski definition) is 8. The van der Waals surface area contributed by atoms with Crippen LogP contribution in [0.25, 0.3) is 11.0 Å². The minimum Gasteiger partial charge on any atom is -0.354 e. The molecule has 11 nitrogen and oxygen atoms in total. The fraction of sp³-hybridized carbons (Fsp3) is 0.136. The number of amides is 1. The van der Waals surface area contributed by atoms with E-state index in [-0.39, 0.29) is 23.1 Å². The van der Waals surface area contributed by atoms with Gasteiger partial charge in [-0.2, -0.15) is 10.2 Å². The van der Waals surface area contributed by atoms with Crippen molar-refractivity contribution in [3.63, 3.8) is 0 Å². The highest BCUT2D eigenvalue weighted by Crippen LogP contribution is 2.21. The highest BCUT2D eigenvalue weighted by Gasteiger charge is 2.19. The monoisotopic (exact) mass is 464 g/mol. The van der Waals surface area contributed by atoms with Crippen LogP contribution in [0.1, 0.15) is 22.5 Å². The summed E-state index contributed by atoms with van der Waals surface area (Å²) in [5, 5.41) is 23.0. The van der Waals surface area contributed by atoms with Crippen molar-refractivity contribution in [3.8, 4) is 0 Å². The van der Waals surface area contributed by atoms with Crippen molar-refractivity contribution >= 4 is 28.8 Å². The van der Waals surface area contributed by atoms with Gasteiger partial charge < -0.3 is 4.52 Å². The Balaban J connectivity index is 1.57. The third-order valence-electron chi connectivity index (χ3n) is 4.90. The molecular weight excluding hydrogens is 447 g/mol. The number of nitrogens with one attached hydrogen (secondary N) is 1. The van der Waals surface area contributed by atoms with E-state index in [0.717, 1.165) is 4.68 Å². The molecular formula is C22H17FN6O5. The summed E-state index contributed by atoms with van der Waals surface area (Å²) in [6.45, 7) is 1.17. The van der Waals surface area contributed by atoms with Gasteiger partial charge in [-0.15, -0.1) is 0 Å². The number of aryl methyl sites for hydroxylation is 1. The van der Waals surface area contributed by atoms with Crippen LogP contribution in [0.2, 0.25) is 0 Å². The first-order valence-electron chi connectivity index (χ1n) is 9.98. The Hall–Kier alpha value is -4.74. The number of nitro groups is 1. The molecule has 0 radical (unpaired) electrons. The van der Waals surface area contributed by atoms with Gasteiger partial charge in [0.2, 0.25) is 0 Å². The average Bonchev–Trinajstić information content (AvgIpc) is 3.20. The van der Waals surface area contributed by atoms with E-state index in [1.807, 2.05) is 0 Å². The predicted molar refractivity (Wildman–Crippen MR) is 119 cm³/mol. The highest BCUT2D eigenvalue weighted by molar-refractivity contribution is 5.83. The van der Waals surface area contributed by atoms with Crippen molar-refractivity contribution in [3.05, 3.63) is 97.3 Å². The number of aromatic nitrogens is 3.